The highest BCUT2D eigenvalue weighted by molar-refractivity contribution is 7.80. The highest BCUT2D eigenvalue weighted by Crippen LogP contribution is 2.45. The van der Waals surface area contributed by atoms with Gasteiger partial charge in [0, 0.05) is 42.6 Å². The first-order chi connectivity index (χ1) is 19.7. The number of hydrogen-bond acceptors (Lipinski definition) is 4. The first-order valence-corrected chi connectivity index (χ1v) is 15.2. The minimum absolute atomic E-state index is 0.125. The van der Waals surface area contributed by atoms with E-state index >= 15 is 0 Å². The number of aryl methyl sites for hydroxylation is 2. The van der Waals surface area contributed by atoms with Crippen molar-refractivity contribution in [3.8, 4) is 5.82 Å². The van der Waals surface area contributed by atoms with Gasteiger partial charge in [-0.3, -0.25) is 4.98 Å². The SMILES string of the molecule is Cc1ccc(-n2c(C)cc([C@@H]3[C@H](c4ccccn4)NC(=S)N3c3ccc(N4C[C@H](C)C[C@H](C)C4)c(Cl)c3)c2C)nc1. The van der Waals surface area contributed by atoms with Crippen LogP contribution in [-0.2, 0) is 0 Å². The third kappa shape index (κ3) is 5.22. The Labute approximate surface area is 253 Å². The molecule has 0 spiro atoms. The number of benzene rings is 1. The molecule has 1 N–H and O–H groups in total. The standard InChI is InChI=1S/C33H37ClN6S/c1-20-9-12-30(36-17-20)39-23(4)15-26(24(39)5)32-31(28-8-6-7-13-35-28)37-33(41)40(32)25-10-11-29(27(34)16-25)38-18-21(2)14-22(3)19-38/h6-13,15-17,21-22,31-32H,14,18-19H2,1-5H3,(H,37,41)/t21-,22+,31-,32+/m0/s1. The molecule has 3 aromatic heterocycles. The molecule has 4 aromatic rings. The Morgan fingerprint density at radius 2 is 1.73 bits per heavy atom. The van der Waals surface area contributed by atoms with Crippen LogP contribution < -0.4 is 15.1 Å². The topological polar surface area (TPSA) is 49.2 Å². The van der Waals surface area contributed by atoms with E-state index < -0.39 is 0 Å². The highest BCUT2D eigenvalue weighted by atomic mass is 35.5. The molecular weight excluding hydrogens is 548 g/mol. The minimum atomic E-state index is -0.133. The second-order valence-corrected chi connectivity index (χ2v) is 12.6. The number of piperidine rings is 1. The number of thiocarbonyl (C=S) groups is 1. The van der Waals surface area contributed by atoms with Crippen LogP contribution in [-0.4, -0.2) is 32.7 Å². The van der Waals surface area contributed by atoms with Crippen molar-refractivity contribution in [3.05, 3.63) is 100 Å². The normalized spacial score (nSPS) is 22.7. The van der Waals surface area contributed by atoms with Crippen LogP contribution in [0.15, 0.2) is 67.0 Å². The van der Waals surface area contributed by atoms with E-state index in [4.69, 9.17) is 33.8 Å². The number of anilines is 2. The van der Waals surface area contributed by atoms with Crippen LogP contribution in [0.25, 0.3) is 5.82 Å². The Bertz CT molecular complexity index is 1560. The van der Waals surface area contributed by atoms with Gasteiger partial charge >= 0.3 is 0 Å². The first-order valence-electron chi connectivity index (χ1n) is 14.4. The van der Waals surface area contributed by atoms with Crippen molar-refractivity contribution < 1.29 is 0 Å². The van der Waals surface area contributed by atoms with E-state index in [-0.39, 0.29) is 12.1 Å². The average molecular weight is 585 g/mol. The van der Waals surface area contributed by atoms with Crippen molar-refractivity contribution in [1.29, 1.82) is 0 Å². The monoisotopic (exact) mass is 584 g/mol. The molecule has 8 heteroatoms. The molecule has 2 saturated heterocycles. The van der Waals surface area contributed by atoms with E-state index in [1.807, 2.05) is 24.5 Å². The Balaban J connectivity index is 1.44. The summed E-state index contributed by atoms with van der Waals surface area (Å²) >= 11 is 13.0. The summed E-state index contributed by atoms with van der Waals surface area (Å²) in [7, 11) is 0. The molecule has 2 aliphatic heterocycles. The summed E-state index contributed by atoms with van der Waals surface area (Å²) in [6.45, 7) is 13.0. The third-order valence-electron chi connectivity index (χ3n) is 8.43. The summed E-state index contributed by atoms with van der Waals surface area (Å²) in [5.41, 5.74) is 7.56. The van der Waals surface area contributed by atoms with Gasteiger partial charge in [-0.15, -0.1) is 0 Å². The third-order valence-corrected chi connectivity index (χ3v) is 9.05. The number of halogens is 1. The lowest BCUT2D eigenvalue weighted by Crippen LogP contribution is -2.38. The van der Waals surface area contributed by atoms with Crippen molar-refractivity contribution >= 4 is 40.3 Å². The molecule has 0 amide bonds. The average Bonchev–Trinajstić information content (AvgIpc) is 3.44. The molecule has 0 bridgehead atoms. The highest BCUT2D eigenvalue weighted by Gasteiger charge is 2.42. The molecule has 4 atom stereocenters. The zero-order chi connectivity index (χ0) is 28.8. The Hall–Kier alpha value is -3.42. The molecule has 6 nitrogen and oxygen atoms in total. The molecular formula is C33H37ClN6S. The zero-order valence-electron chi connectivity index (χ0n) is 24.3. The maximum atomic E-state index is 7.03. The van der Waals surface area contributed by atoms with Crippen molar-refractivity contribution in [1.82, 2.24) is 19.9 Å². The van der Waals surface area contributed by atoms with Gasteiger partial charge < -0.3 is 19.7 Å². The van der Waals surface area contributed by atoms with E-state index in [0.29, 0.717) is 16.9 Å². The van der Waals surface area contributed by atoms with Crippen molar-refractivity contribution in [2.45, 2.75) is 53.1 Å². The molecule has 41 heavy (non-hydrogen) atoms. The van der Waals surface area contributed by atoms with Gasteiger partial charge in [-0.25, -0.2) is 4.98 Å². The van der Waals surface area contributed by atoms with E-state index in [1.54, 1.807) is 0 Å². The van der Waals surface area contributed by atoms with Gasteiger partial charge in [0.2, 0.25) is 0 Å². The van der Waals surface area contributed by atoms with Crippen LogP contribution in [0.2, 0.25) is 5.02 Å². The quantitative estimate of drug-likeness (QED) is 0.245. The number of nitrogens with one attached hydrogen (secondary N) is 1. The van der Waals surface area contributed by atoms with Crippen LogP contribution in [0.3, 0.4) is 0 Å². The fraction of sp³-hybridized carbons (Fsp3) is 0.364. The summed E-state index contributed by atoms with van der Waals surface area (Å²) < 4.78 is 2.22. The number of nitrogens with zero attached hydrogens (tertiary/aromatic N) is 5. The van der Waals surface area contributed by atoms with Gasteiger partial charge in [-0.05, 0) is 105 Å². The Morgan fingerprint density at radius 1 is 0.951 bits per heavy atom. The number of hydrogen-bond donors (Lipinski definition) is 1. The second kappa shape index (κ2) is 11.1. The molecule has 1 aromatic carbocycles. The van der Waals surface area contributed by atoms with Crippen LogP contribution in [0.5, 0.6) is 0 Å². The number of aromatic nitrogens is 3. The number of pyridine rings is 2. The summed E-state index contributed by atoms with van der Waals surface area (Å²) in [6.07, 6.45) is 5.01. The molecule has 6 rings (SSSR count). The molecule has 0 unspecified atom stereocenters. The first kappa shape index (κ1) is 27.7. The smallest absolute Gasteiger partial charge is 0.174 e. The zero-order valence-corrected chi connectivity index (χ0v) is 25.9. The van der Waals surface area contributed by atoms with Gasteiger partial charge in [0.05, 0.1) is 28.5 Å². The van der Waals surface area contributed by atoms with Gasteiger partial charge in [-0.1, -0.05) is 37.6 Å². The van der Waals surface area contributed by atoms with E-state index in [2.05, 4.69) is 96.8 Å². The summed E-state index contributed by atoms with van der Waals surface area (Å²) in [5, 5.41) is 5.01. The molecule has 0 aliphatic carbocycles. The lowest BCUT2D eigenvalue weighted by Gasteiger charge is -2.37. The molecule has 0 radical (unpaired) electrons. The molecule has 212 valence electrons. The Kier molecular flexibility index (Phi) is 7.51. The maximum Gasteiger partial charge on any atom is 0.174 e. The fourth-order valence-electron chi connectivity index (χ4n) is 6.74. The minimum Gasteiger partial charge on any atom is -0.370 e. The summed E-state index contributed by atoms with van der Waals surface area (Å²) in [5.74, 6) is 2.20. The van der Waals surface area contributed by atoms with Gasteiger partial charge in [0.15, 0.2) is 5.11 Å². The van der Waals surface area contributed by atoms with E-state index in [9.17, 15) is 0 Å². The molecule has 5 heterocycles. The largest absolute Gasteiger partial charge is 0.370 e. The van der Waals surface area contributed by atoms with Gasteiger partial charge in [-0.2, -0.15) is 0 Å². The van der Waals surface area contributed by atoms with Crippen LogP contribution in [0.1, 0.15) is 60.6 Å². The predicted molar refractivity (Wildman–Crippen MR) is 172 cm³/mol. The fourth-order valence-corrected chi connectivity index (χ4v) is 7.38. The number of rotatable bonds is 5. The van der Waals surface area contributed by atoms with Crippen LogP contribution >= 0.6 is 23.8 Å². The lowest BCUT2D eigenvalue weighted by atomic mass is 9.91. The molecule has 2 aliphatic rings. The molecule has 2 fully saturated rings. The second-order valence-electron chi connectivity index (χ2n) is 11.8. The van der Waals surface area contributed by atoms with Gasteiger partial charge in [0.1, 0.15) is 5.82 Å². The van der Waals surface area contributed by atoms with Crippen molar-refractivity contribution in [2.75, 3.05) is 22.9 Å². The van der Waals surface area contributed by atoms with Crippen molar-refractivity contribution in [3.63, 3.8) is 0 Å². The van der Waals surface area contributed by atoms with Crippen LogP contribution in [0, 0.1) is 32.6 Å². The lowest BCUT2D eigenvalue weighted by molar-refractivity contribution is 0.357. The van der Waals surface area contributed by atoms with Gasteiger partial charge in [0.25, 0.3) is 0 Å². The maximum absolute atomic E-state index is 7.03. The van der Waals surface area contributed by atoms with Crippen molar-refractivity contribution in [2.24, 2.45) is 11.8 Å². The predicted octanol–water partition coefficient (Wildman–Crippen LogP) is 7.51. The molecule has 0 saturated carbocycles. The summed E-state index contributed by atoms with van der Waals surface area (Å²) in [4.78, 5) is 14.1. The Morgan fingerprint density at radius 3 is 2.39 bits per heavy atom. The van der Waals surface area contributed by atoms with E-state index in [1.165, 1.54) is 12.0 Å². The summed E-state index contributed by atoms with van der Waals surface area (Å²) in [6, 6.07) is 18.6. The van der Waals surface area contributed by atoms with Crippen LogP contribution in [0.4, 0.5) is 11.4 Å². The van der Waals surface area contributed by atoms with E-state index in [0.717, 1.165) is 58.0 Å².